The van der Waals surface area contributed by atoms with Gasteiger partial charge in [-0.25, -0.2) is 0 Å². The van der Waals surface area contributed by atoms with Crippen LogP contribution >= 0.6 is 0 Å². The predicted molar refractivity (Wildman–Crippen MR) is 89.7 cm³/mol. The molecule has 3 fully saturated rings. The lowest BCUT2D eigenvalue weighted by molar-refractivity contribution is -0.137. The maximum Gasteiger partial charge on any atom is 0.231 e. The van der Waals surface area contributed by atoms with E-state index >= 15 is 0 Å². The Kier molecular flexibility index (Phi) is 4.48. The van der Waals surface area contributed by atoms with Gasteiger partial charge in [-0.3, -0.25) is 9.59 Å². The lowest BCUT2D eigenvalue weighted by atomic mass is 9.96. The van der Waals surface area contributed by atoms with E-state index in [9.17, 15) is 9.59 Å². The molecule has 4 rings (SSSR count). The van der Waals surface area contributed by atoms with Crippen molar-refractivity contribution >= 4 is 11.8 Å². The van der Waals surface area contributed by atoms with Gasteiger partial charge in [-0.05, 0) is 32.6 Å². The van der Waals surface area contributed by atoms with Crippen LogP contribution in [0.3, 0.4) is 0 Å². The second kappa shape index (κ2) is 6.77. The van der Waals surface area contributed by atoms with Crippen LogP contribution in [0.5, 0.6) is 0 Å². The summed E-state index contributed by atoms with van der Waals surface area (Å²) in [5.74, 6) is 1.47. The lowest BCUT2D eigenvalue weighted by Gasteiger charge is -2.33. The van der Waals surface area contributed by atoms with Gasteiger partial charge in [0.2, 0.25) is 17.7 Å². The van der Waals surface area contributed by atoms with Gasteiger partial charge in [0.05, 0.1) is 11.8 Å². The topological polar surface area (TPSA) is 79.5 Å². The van der Waals surface area contributed by atoms with Crippen molar-refractivity contribution in [1.82, 2.24) is 19.9 Å². The van der Waals surface area contributed by atoms with Crippen LogP contribution in [-0.4, -0.2) is 57.4 Å². The van der Waals surface area contributed by atoms with Gasteiger partial charge in [0, 0.05) is 32.1 Å². The number of aryl methyl sites for hydroxylation is 1. The Labute approximate surface area is 147 Å². The summed E-state index contributed by atoms with van der Waals surface area (Å²) < 4.78 is 5.30. The highest BCUT2D eigenvalue weighted by Gasteiger charge is 2.41. The van der Waals surface area contributed by atoms with Gasteiger partial charge in [0.25, 0.3) is 0 Å². The summed E-state index contributed by atoms with van der Waals surface area (Å²) in [5, 5.41) is 3.86. The maximum absolute atomic E-state index is 13.0. The Morgan fingerprint density at radius 2 is 1.96 bits per heavy atom. The summed E-state index contributed by atoms with van der Waals surface area (Å²) in [6, 6.07) is 0.362. The molecule has 2 unspecified atom stereocenters. The van der Waals surface area contributed by atoms with Gasteiger partial charge in [0.1, 0.15) is 0 Å². The van der Waals surface area contributed by atoms with Crippen molar-refractivity contribution in [1.29, 1.82) is 0 Å². The first-order valence-electron chi connectivity index (χ1n) is 9.50. The fourth-order valence-electron chi connectivity index (χ4n) is 4.58. The maximum atomic E-state index is 13.0. The SMILES string of the molecule is Cc1noc(C2CCCN(C(=O)C3CC(=O)N(C4CCCC4)C3)C2)n1. The molecular weight excluding hydrogens is 320 g/mol. The van der Waals surface area contributed by atoms with Crippen molar-refractivity contribution in [2.24, 2.45) is 5.92 Å². The zero-order valence-corrected chi connectivity index (χ0v) is 14.8. The highest BCUT2D eigenvalue weighted by Crippen LogP contribution is 2.32. The third-order valence-electron chi connectivity index (χ3n) is 5.90. The quantitative estimate of drug-likeness (QED) is 0.835. The van der Waals surface area contributed by atoms with Crippen LogP contribution in [0.1, 0.15) is 62.6 Å². The van der Waals surface area contributed by atoms with E-state index in [4.69, 9.17) is 4.52 Å². The molecule has 0 radical (unpaired) electrons. The summed E-state index contributed by atoms with van der Waals surface area (Å²) in [4.78, 5) is 33.5. The standard InChI is InChI=1S/C18H26N4O3/c1-12-19-17(25-20-12)13-5-4-8-21(10-13)18(24)14-9-16(23)22(11-14)15-6-2-3-7-15/h13-15H,2-11H2,1H3. The Morgan fingerprint density at radius 1 is 1.16 bits per heavy atom. The number of aromatic nitrogens is 2. The minimum absolute atomic E-state index is 0.113. The van der Waals surface area contributed by atoms with E-state index in [1.165, 1.54) is 12.8 Å². The van der Waals surface area contributed by atoms with Crippen LogP contribution in [0.2, 0.25) is 0 Å². The van der Waals surface area contributed by atoms with E-state index in [-0.39, 0.29) is 23.7 Å². The third kappa shape index (κ3) is 3.28. The van der Waals surface area contributed by atoms with Crippen molar-refractivity contribution in [3.05, 3.63) is 11.7 Å². The van der Waals surface area contributed by atoms with Crippen LogP contribution in [0.4, 0.5) is 0 Å². The second-order valence-electron chi connectivity index (χ2n) is 7.69. The average Bonchev–Trinajstić information content (AvgIpc) is 3.35. The highest BCUT2D eigenvalue weighted by atomic mass is 16.5. The largest absolute Gasteiger partial charge is 0.342 e. The van der Waals surface area contributed by atoms with E-state index in [2.05, 4.69) is 10.1 Å². The highest BCUT2D eigenvalue weighted by molar-refractivity contribution is 5.89. The van der Waals surface area contributed by atoms with Crippen molar-refractivity contribution in [3.8, 4) is 0 Å². The number of hydrogen-bond acceptors (Lipinski definition) is 5. The Morgan fingerprint density at radius 3 is 2.68 bits per heavy atom. The van der Waals surface area contributed by atoms with Crippen molar-refractivity contribution in [2.75, 3.05) is 19.6 Å². The van der Waals surface area contributed by atoms with Crippen LogP contribution in [0, 0.1) is 12.8 Å². The third-order valence-corrected chi connectivity index (χ3v) is 5.90. The van der Waals surface area contributed by atoms with Gasteiger partial charge in [-0.1, -0.05) is 18.0 Å². The fraction of sp³-hybridized carbons (Fsp3) is 0.778. The summed E-state index contributed by atoms with van der Waals surface area (Å²) in [6.45, 7) is 3.79. The molecule has 7 nitrogen and oxygen atoms in total. The number of amides is 2. The van der Waals surface area contributed by atoms with E-state index < -0.39 is 0 Å². The zero-order valence-electron chi connectivity index (χ0n) is 14.8. The molecule has 0 spiro atoms. The van der Waals surface area contributed by atoms with Gasteiger partial charge < -0.3 is 14.3 Å². The molecule has 2 aliphatic heterocycles. The summed E-state index contributed by atoms with van der Waals surface area (Å²) in [5.41, 5.74) is 0. The summed E-state index contributed by atoms with van der Waals surface area (Å²) >= 11 is 0. The van der Waals surface area contributed by atoms with Crippen LogP contribution in [-0.2, 0) is 9.59 Å². The zero-order chi connectivity index (χ0) is 17.4. The van der Waals surface area contributed by atoms with E-state index in [1.807, 2.05) is 9.80 Å². The molecule has 136 valence electrons. The number of rotatable bonds is 3. The minimum Gasteiger partial charge on any atom is -0.342 e. The molecule has 1 aromatic rings. The minimum atomic E-state index is -0.184. The van der Waals surface area contributed by atoms with Crippen molar-refractivity contribution < 1.29 is 14.1 Å². The number of hydrogen-bond donors (Lipinski definition) is 0. The predicted octanol–water partition coefficient (Wildman–Crippen LogP) is 1.88. The Bertz CT molecular complexity index is 653. The Hall–Kier alpha value is -1.92. The number of likely N-dealkylation sites (tertiary alicyclic amines) is 2. The van der Waals surface area contributed by atoms with Gasteiger partial charge >= 0.3 is 0 Å². The molecule has 3 aliphatic rings. The first-order valence-corrected chi connectivity index (χ1v) is 9.50. The molecule has 1 aromatic heterocycles. The second-order valence-corrected chi connectivity index (χ2v) is 7.69. The molecule has 7 heteroatoms. The monoisotopic (exact) mass is 346 g/mol. The van der Waals surface area contributed by atoms with E-state index in [1.54, 1.807) is 6.92 Å². The first kappa shape index (κ1) is 16.5. The molecule has 0 aromatic carbocycles. The van der Waals surface area contributed by atoms with Crippen LogP contribution < -0.4 is 0 Å². The fourth-order valence-corrected chi connectivity index (χ4v) is 4.58. The molecule has 1 aliphatic carbocycles. The van der Waals surface area contributed by atoms with Gasteiger partial charge in [-0.15, -0.1) is 0 Å². The molecule has 0 bridgehead atoms. The molecule has 2 saturated heterocycles. The molecular formula is C18H26N4O3. The van der Waals surface area contributed by atoms with Crippen LogP contribution in [0.25, 0.3) is 0 Å². The van der Waals surface area contributed by atoms with Crippen LogP contribution in [0.15, 0.2) is 4.52 Å². The van der Waals surface area contributed by atoms with Crippen molar-refractivity contribution in [2.45, 2.75) is 63.8 Å². The van der Waals surface area contributed by atoms with Crippen molar-refractivity contribution in [3.63, 3.8) is 0 Å². The molecule has 25 heavy (non-hydrogen) atoms. The average molecular weight is 346 g/mol. The summed E-state index contributed by atoms with van der Waals surface area (Å²) in [6.07, 6.45) is 6.85. The first-order chi connectivity index (χ1) is 12.1. The van der Waals surface area contributed by atoms with Gasteiger partial charge in [-0.2, -0.15) is 4.98 Å². The molecule has 1 saturated carbocycles. The van der Waals surface area contributed by atoms with Gasteiger partial charge in [0.15, 0.2) is 5.82 Å². The number of carbonyl (C=O) groups excluding carboxylic acids is 2. The molecule has 0 N–H and O–H groups in total. The van der Waals surface area contributed by atoms with E-state index in [0.29, 0.717) is 37.3 Å². The smallest absolute Gasteiger partial charge is 0.231 e. The normalized spacial score (nSPS) is 28.1. The lowest BCUT2D eigenvalue weighted by Crippen LogP contribution is -2.43. The molecule has 2 amide bonds. The van der Waals surface area contributed by atoms with E-state index in [0.717, 1.165) is 32.2 Å². The summed E-state index contributed by atoms with van der Waals surface area (Å²) in [7, 11) is 0. The number of carbonyl (C=O) groups is 2. The number of nitrogens with zero attached hydrogens (tertiary/aromatic N) is 4. The molecule has 3 heterocycles. The number of piperidine rings is 1. The Balaban J connectivity index is 1.39. The molecule has 2 atom stereocenters.